The summed E-state index contributed by atoms with van der Waals surface area (Å²) in [5.74, 6) is -0.272. The normalized spacial score (nSPS) is 10.2. The van der Waals surface area contributed by atoms with Gasteiger partial charge in [0.2, 0.25) is 0 Å². The first kappa shape index (κ1) is 15.8. The van der Waals surface area contributed by atoms with Gasteiger partial charge in [-0.25, -0.2) is 4.79 Å². The van der Waals surface area contributed by atoms with Gasteiger partial charge in [-0.3, -0.25) is 4.79 Å². The zero-order valence-electron chi connectivity index (χ0n) is 11.7. The van der Waals surface area contributed by atoms with Crippen molar-refractivity contribution in [2.45, 2.75) is 32.8 Å². The molecule has 0 unspecified atom stereocenters. The van der Waals surface area contributed by atoms with Crippen LogP contribution in [0.5, 0.6) is 5.75 Å². The molecule has 0 spiro atoms. The minimum atomic E-state index is -0.872. The van der Waals surface area contributed by atoms with Crippen molar-refractivity contribution in [1.29, 1.82) is 0 Å². The Balaban J connectivity index is 2.47. The second kappa shape index (κ2) is 8.04. The second-order valence-electron chi connectivity index (χ2n) is 4.54. The lowest BCUT2D eigenvalue weighted by Gasteiger charge is -2.15. The average molecular weight is 280 g/mol. The molecule has 0 aliphatic carbocycles. The van der Waals surface area contributed by atoms with Gasteiger partial charge in [0.15, 0.2) is 0 Å². The van der Waals surface area contributed by atoms with Gasteiger partial charge in [0.05, 0.1) is 11.8 Å². The Bertz CT molecular complexity index is 460. The highest BCUT2D eigenvalue weighted by molar-refractivity contribution is 5.90. The fourth-order valence-corrected chi connectivity index (χ4v) is 1.53. The highest BCUT2D eigenvalue weighted by atomic mass is 16.5. The molecule has 6 heteroatoms. The molecule has 6 nitrogen and oxygen atoms in total. The lowest BCUT2D eigenvalue weighted by atomic mass is 10.3. The van der Waals surface area contributed by atoms with E-state index in [1.54, 1.807) is 18.2 Å². The number of ether oxygens (including phenoxy) is 1. The number of hydrogen-bond donors (Lipinski definition) is 3. The van der Waals surface area contributed by atoms with Crippen LogP contribution in [0.2, 0.25) is 0 Å². The molecule has 20 heavy (non-hydrogen) atoms. The summed E-state index contributed by atoms with van der Waals surface area (Å²) in [6.07, 6.45) is 0.441. The molecule has 0 saturated carbocycles. The zero-order chi connectivity index (χ0) is 15.0. The average Bonchev–Trinajstić information content (AvgIpc) is 2.36. The van der Waals surface area contributed by atoms with Crippen LogP contribution in [-0.2, 0) is 4.79 Å². The molecular formula is C14H20N2O4. The van der Waals surface area contributed by atoms with Crippen molar-refractivity contribution in [1.82, 2.24) is 5.32 Å². The van der Waals surface area contributed by atoms with Crippen LogP contribution >= 0.6 is 0 Å². The number of anilines is 1. The summed E-state index contributed by atoms with van der Waals surface area (Å²) in [5, 5.41) is 13.8. The van der Waals surface area contributed by atoms with Gasteiger partial charge in [-0.1, -0.05) is 12.1 Å². The van der Waals surface area contributed by atoms with Crippen LogP contribution in [0.25, 0.3) is 0 Å². The predicted octanol–water partition coefficient (Wildman–Crippen LogP) is 2.46. The number of carboxylic acids is 1. The fourth-order valence-electron chi connectivity index (χ4n) is 1.53. The summed E-state index contributed by atoms with van der Waals surface area (Å²) in [6.45, 7) is 4.12. The third kappa shape index (κ3) is 6.08. The van der Waals surface area contributed by atoms with E-state index in [2.05, 4.69) is 10.6 Å². The van der Waals surface area contributed by atoms with Gasteiger partial charge in [0.25, 0.3) is 0 Å². The van der Waals surface area contributed by atoms with E-state index < -0.39 is 5.97 Å². The molecule has 0 fully saturated rings. The quantitative estimate of drug-likeness (QED) is 0.669. The van der Waals surface area contributed by atoms with Crippen molar-refractivity contribution >= 4 is 17.7 Å². The molecule has 1 aromatic carbocycles. The largest absolute Gasteiger partial charge is 0.489 e. The molecule has 2 amide bonds. The van der Waals surface area contributed by atoms with Crippen molar-refractivity contribution in [3.8, 4) is 5.75 Å². The van der Waals surface area contributed by atoms with Crippen molar-refractivity contribution < 1.29 is 19.4 Å². The Morgan fingerprint density at radius 3 is 2.65 bits per heavy atom. The maximum Gasteiger partial charge on any atom is 0.319 e. The number of carbonyl (C=O) groups is 2. The summed E-state index contributed by atoms with van der Waals surface area (Å²) in [6, 6.07) is 6.77. The summed E-state index contributed by atoms with van der Waals surface area (Å²) in [7, 11) is 0. The van der Waals surface area contributed by atoms with Gasteiger partial charge in [0, 0.05) is 13.0 Å². The van der Waals surface area contributed by atoms with Crippen LogP contribution in [-0.4, -0.2) is 29.8 Å². The lowest BCUT2D eigenvalue weighted by Crippen LogP contribution is -2.30. The molecule has 0 radical (unpaired) electrons. The van der Waals surface area contributed by atoms with E-state index in [0.717, 1.165) is 0 Å². The summed E-state index contributed by atoms with van der Waals surface area (Å²) >= 11 is 0. The Hall–Kier alpha value is -2.24. The Labute approximate surface area is 118 Å². The van der Waals surface area contributed by atoms with E-state index in [4.69, 9.17) is 9.84 Å². The first-order valence-electron chi connectivity index (χ1n) is 6.51. The van der Waals surface area contributed by atoms with Gasteiger partial charge in [-0.2, -0.15) is 0 Å². The fraction of sp³-hybridized carbons (Fsp3) is 0.429. The third-order valence-corrected chi connectivity index (χ3v) is 2.35. The van der Waals surface area contributed by atoms with E-state index in [-0.39, 0.29) is 18.6 Å². The Morgan fingerprint density at radius 2 is 2.00 bits per heavy atom. The third-order valence-electron chi connectivity index (χ3n) is 2.35. The minimum absolute atomic E-state index is 0.0107. The van der Waals surface area contributed by atoms with Gasteiger partial charge in [0.1, 0.15) is 5.75 Å². The smallest absolute Gasteiger partial charge is 0.319 e. The second-order valence-corrected chi connectivity index (χ2v) is 4.54. The Morgan fingerprint density at radius 1 is 1.30 bits per heavy atom. The topological polar surface area (TPSA) is 87.7 Å². The number of nitrogens with one attached hydrogen (secondary N) is 2. The molecule has 1 aromatic rings. The van der Waals surface area contributed by atoms with Crippen molar-refractivity contribution in [2.75, 3.05) is 11.9 Å². The van der Waals surface area contributed by atoms with Crippen LogP contribution < -0.4 is 15.4 Å². The van der Waals surface area contributed by atoms with Crippen molar-refractivity contribution in [3.05, 3.63) is 24.3 Å². The molecule has 110 valence electrons. The molecule has 0 aliphatic heterocycles. The highest BCUT2D eigenvalue weighted by Crippen LogP contribution is 2.24. The molecule has 0 aromatic heterocycles. The Kier molecular flexibility index (Phi) is 6.36. The number of urea groups is 1. The number of para-hydroxylation sites is 2. The maximum absolute atomic E-state index is 11.7. The van der Waals surface area contributed by atoms with E-state index in [1.807, 2.05) is 19.9 Å². The molecule has 0 bridgehead atoms. The van der Waals surface area contributed by atoms with Crippen LogP contribution in [0.3, 0.4) is 0 Å². The van der Waals surface area contributed by atoms with Gasteiger partial charge >= 0.3 is 12.0 Å². The molecule has 0 heterocycles. The molecule has 0 aliphatic rings. The van der Waals surface area contributed by atoms with E-state index in [1.165, 1.54) is 0 Å². The number of hydrogen-bond acceptors (Lipinski definition) is 3. The van der Waals surface area contributed by atoms with E-state index in [9.17, 15) is 9.59 Å². The SMILES string of the molecule is CC(C)Oc1ccccc1NC(=O)NCCCC(=O)O. The molecular weight excluding hydrogens is 260 g/mol. The van der Waals surface area contributed by atoms with Crippen molar-refractivity contribution in [2.24, 2.45) is 0 Å². The minimum Gasteiger partial charge on any atom is -0.489 e. The molecule has 1 rings (SSSR count). The first-order valence-corrected chi connectivity index (χ1v) is 6.51. The number of carbonyl (C=O) groups excluding carboxylic acids is 1. The summed E-state index contributed by atoms with van der Waals surface area (Å²) in [4.78, 5) is 22.0. The number of benzene rings is 1. The standard InChI is InChI=1S/C14H20N2O4/c1-10(2)20-12-7-4-3-6-11(12)16-14(19)15-9-5-8-13(17)18/h3-4,6-7,10H,5,8-9H2,1-2H3,(H,17,18)(H2,15,16,19). The summed E-state index contributed by atoms with van der Waals surface area (Å²) in [5.41, 5.74) is 0.580. The zero-order valence-corrected chi connectivity index (χ0v) is 11.7. The van der Waals surface area contributed by atoms with E-state index in [0.29, 0.717) is 24.4 Å². The molecule has 0 atom stereocenters. The molecule has 0 saturated heterocycles. The first-order chi connectivity index (χ1) is 9.49. The van der Waals surface area contributed by atoms with Gasteiger partial charge in [-0.15, -0.1) is 0 Å². The highest BCUT2D eigenvalue weighted by Gasteiger charge is 2.08. The summed E-state index contributed by atoms with van der Waals surface area (Å²) < 4.78 is 5.58. The van der Waals surface area contributed by atoms with Crippen LogP contribution in [0, 0.1) is 0 Å². The lowest BCUT2D eigenvalue weighted by molar-refractivity contribution is -0.137. The van der Waals surface area contributed by atoms with E-state index >= 15 is 0 Å². The van der Waals surface area contributed by atoms with Crippen LogP contribution in [0.4, 0.5) is 10.5 Å². The number of amides is 2. The van der Waals surface area contributed by atoms with Crippen molar-refractivity contribution in [3.63, 3.8) is 0 Å². The van der Waals surface area contributed by atoms with Crippen LogP contribution in [0.15, 0.2) is 24.3 Å². The van der Waals surface area contributed by atoms with Gasteiger partial charge < -0.3 is 20.5 Å². The number of rotatable bonds is 7. The number of aliphatic carboxylic acids is 1. The monoisotopic (exact) mass is 280 g/mol. The predicted molar refractivity (Wildman–Crippen MR) is 76.1 cm³/mol. The number of carboxylic acid groups (broad SMARTS) is 1. The van der Waals surface area contributed by atoms with Gasteiger partial charge in [-0.05, 0) is 32.4 Å². The molecule has 3 N–H and O–H groups in total. The maximum atomic E-state index is 11.7. The van der Waals surface area contributed by atoms with Crippen LogP contribution in [0.1, 0.15) is 26.7 Å².